The van der Waals surface area contributed by atoms with Crippen LogP contribution in [0.1, 0.15) is 27.6 Å². The second-order valence-corrected chi connectivity index (χ2v) is 11.4. The van der Waals surface area contributed by atoms with Crippen molar-refractivity contribution < 1.29 is 36.9 Å². The molecule has 0 radical (unpaired) electrons. The van der Waals surface area contributed by atoms with Crippen LogP contribution in [0.2, 0.25) is 0 Å². The van der Waals surface area contributed by atoms with Gasteiger partial charge in [0.25, 0.3) is 0 Å². The van der Waals surface area contributed by atoms with E-state index in [-0.39, 0.29) is 17.0 Å². The first kappa shape index (κ1) is 30.3. The third-order valence-corrected chi connectivity index (χ3v) is 8.93. The topological polar surface area (TPSA) is 104 Å². The Morgan fingerprint density at radius 1 is 0.829 bits per heavy atom. The van der Waals surface area contributed by atoms with Crippen molar-refractivity contribution in [3.8, 4) is 17.2 Å². The quantitative estimate of drug-likeness (QED) is 0.294. The van der Waals surface area contributed by atoms with Crippen LogP contribution >= 0.6 is 0 Å². The Bertz CT molecular complexity index is 1420. The van der Waals surface area contributed by atoms with Crippen molar-refractivity contribution in [2.45, 2.75) is 17.6 Å². The van der Waals surface area contributed by atoms with Crippen molar-refractivity contribution in [1.29, 1.82) is 0 Å². The molecule has 1 heterocycles. The summed E-state index contributed by atoms with van der Waals surface area (Å²) in [6.45, 7) is 2.68. The highest BCUT2D eigenvalue weighted by molar-refractivity contribution is 7.89. The van der Waals surface area contributed by atoms with E-state index >= 15 is 0 Å². The summed E-state index contributed by atoms with van der Waals surface area (Å²) in [5.41, 5.74) is 2.34. The van der Waals surface area contributed by atoms with E-state index < -0.39 is 10.0 Å². The van der Waals surface area contributed by atoms with Crippen molar-refractivity contribution in [2.75, 3.05) is 61.2 Å². The zero-order valence-electron chi connectivity index (χ0n) is 23.7. The van der Waals surface area contributed by atoms with Gasteiger partial charge in [0.05, 0.1) is 51.6 Å². The number of nitrogens with zero attached hydrogens (tertiary/aromatic N) is 2. The molecule has 0 saturated carbocycles. The van der Waals surface area contributed by atoms with Gasteiger partial charge in [-0.25, -0.2) is 13.2 Å². The van der Waals surface area contributed by atoms with Gasteiger partial charge in [-0.15, -0.1) is 0 Å². The molecule has 0 spiro atoms. The normalized spacial score (nSPS) is 15.2. The number of esters is 1. The first-order chi connectivity index (χ1) is 19.8. The third kappa shape index (κ3) is 7.36. The van der Waals surface area contributed by atoms with Gasteiger partial charge in [0.2, 0.25) is 10.0 Å². The van der Waals surface area contributed by atoms with Gasteiger partial charge in [-0.2, -0.15) is 4.31 Å². The van der Waals surface area contributed by atoms with Gasteiger partial charge in [-0.3, -0.25) is 4.90 Å². The lowest BCUT2D eigenvalue weighted by Gasteiger charge is -2.36. The lowest BCUT2D eigenvalue weighted by atomic mass is 10.1. The predicted octanol–water partition coefficient (Wildman–Crippen LogP) is 3.76. The molecule has 1 fully saturated rings. The van der Waals surface area contributed by atoms with Crippen LogP contribution in [0.4, 0.5) is 0 Å². The molecular weight excluding hydrogens is 548 g/mol. The zero-order chi connectivity index (χ0) is 29.4. The predicted molar refractivity (Wildman–Crippen MR) is 153 cm³/mol. The number of piperazine rings is 1. The monoisotopic (exact) mass is 584 g/mol. The van der Waals surface area contributed by atoms with Gasteiger partial charge in [-0.1, -0.05) is 24.3 Å². The maximum Gasteiger partial charge on any atom is 0.337 e. The average molecular weight is 585 g/mol. The number of sulfonamides is 1. The smallest absolute Gasteiger partial charge is 0.337 e. The van der Waals surface area contributed by atoms with E-state index in [9.17, 15) is 13.2 Å². The summed E-state index contributed by atoms with van der Waals surface area (Å²) in [5, 5.41) is 0. The first-order valence-electron chi connectivity index (χ1n) is 13.2. The molecule has 1 atom stereocenters. The van der Waals surface area contributed by atoms with Crippen LogP contribution in [0, 0.1) is 0 Å². The SMILES string of the molecule is COC(=O)c1ccc(CO[C@@H](CN2CCN(S(=O)(=O)c3ccc(OC)c(OC)c3)CC2)c2cccc(OC)c2)cc1. The number of benzene rings is 3. The number of methoxy groups -OCH3 is 4. The highest BCUT2D eigenvalue weighted by Crippen LogP contribution is 2.31. The van der Waals surface area contributed by atoms with Gasteiger partial charge in [0.1, 0.15) is 5.75 Å². The van der Waals surface area contributed by atoms with Crippen molar-refractivity contribution in [2.24, 2.45) is 0 Å². The molecule has 3 aromatic rings. The molecule has 0 aromatic heterocycles. The molecule has 0 amide bonds. The Hall–Kier alpha value is -3.64. The average Bonchev–Trinajstić information content (AvgIpc) is 3.02. The number of carbonyl (C=O) groups is 1. The summed E-state index contributed by atoms with van der Waals surface area (Å²) in [7, 11) is 2.26. The van der Waals surface area contributed by atoms with Crippen LogP contribution in [0.15, 0.2) is 71.6 Å². The number of hydrogen-bond donors (Lipinski definition) is 0. The lowest BCUT2D eigenvalue weighted by molar-refractivity contribution is 0.00761. The van der Waals surface area contributed by atoms with Crippen molar-refractivity contribution in [1.82, 2.24) is 9.21 Å². The van der Waals surface area contributed by atoms with Crippen molar-refractivity contribution >= 4 is 16.0 Å². The van der Waals surface area contributed by atoms with E-state index in [0.717, 1.165) is 16.9 Å². The highest BCUT2D eigenvalue weighted by atomic mass is 32.2. The van der Waals surface area contributed by atoms with E-state index in [1.54, 1.807) is 25.3 Å². The largest absolute Gasteiger partial charge is 0.497 e. The van der Waals surface area contributed by atoms with Crippen LogP contribution in [0.3, 0.4) is 0 Å². The molecule has 0 aliphatic carbocycles. The minimum absolute atomic E-state index is 0.166. The molecule has 0 unspecified atom stereocenters. The maximum atomic E-state index is 13.4. The lowest BCUT2D eigenvalue weighted by Crippen LogP contribution is -2.49. The summed E-state index contributed by atoms with van der Waals surface area (Å²) >= 11 is 0. The minimum Gasteiger partial charge on any atom is -0.497 e. The van der Waals surface area contributed by atoms with Gasteiger partial charge < -0.3 is 23.7 Å². The number of carbonyl (C=O) groups excluding carboxylic acids is 1. The zero-order valence-corrected chi connectivity index (χ0v) is 24.6. The number of hydrogen-bond acceptors (Lipinski definition) is 9. The molecule has 41 heavy (non-hydrogen) atoms. The van der Waals surface area contributed by atoms with Crippen LogP contribution in [-0.2, 0) is 26.1 Å². The molecular formula is C30H36N2O8S. The summed E-state index contributed by atoms with van der Waals surface area (Å²) in [6, 6.07) is 19.5. The van der Waals surface area contributed by atoms with E-state index in [2.05, 4.69) is 4.90 Å². The van der Waals surface area contributed by atoms with Gasteiger partial charge in [-0.05, 0) is 47.5 Å². The van der Waals surface area contributed by atoms with Crippen LogP contribution in [0.5, 0.6) is 17.2 Å². The Kier molecular flexibility index (Phi) is 10.2. The summed E-state index contributed by atoms with van der Waals surface area (Å²) in [5.74, 6) is 1.17. The Balaban J connectivity index is 1.44. The third-order valence-electron chi connectivity index (χ3n) is 7.04. The van der Waals surface area contributed by atoms with E-state index in [1.165, 1.54) is 37.8 Å². The Morgan fingerprint density at radius 2 is 1.54 bits per heavy atom. The Morgan fingerprint density at radius 3 is 2.17 bits per heavy atom. The summed E-state index contributed by atoms with van der Waals surface area (Å²) in [4.78, 5) is 14.1. The molecule has 0 N–H and O–H groups in total. The molecule has 1 aliphatic rings. The molecule has 220 valence electrons. The minimum atomic E-state index is -3.70. The van der Waals surface area contributed by atoms with Gasteiger partial charge in [0, 0.05) is 38.8 Å². The summed E-state index contributed by atoms with van der Waals surface area (Å²) < 4.78 is 55.3. The van der Waals surface area contributed by atoms with E-state index in [0.29, 0.717) is 56.4 Å². The standard InChI is InChI=1S/C30H36N2O8S/c1-36-25-7-5-6-24(18-25)29(40-21-22-8-10-23(11-9-22)30(33)39-4)20-31-14-16-32(17-15-31)41(34,35)26-12-13-27(37-2)28(19-26)38-3/h5-13,18-19,29H,14-17,20-21H2,1-4H3/t29-/m0/s1. The molecule has 1 aliphatic heterocycles. The molecule has 4 rings (SSSR count). The number of ether oxygens (including phenoxy) is 5. The van der Waals surface area contributed by atoms with Crippen molar-refractivity contribution in [3.05, 3.63) is 83.4 Å². The van der Waals surface area contributed by atoms with Crippen LogP contribution in [-0.4, -0.2) is 84.8 Å². The fourth-order valence-electron chi connectivity index (χ4n) is 4.66. The van der Waals surface area contributed by atoms with Crippen molar-refractivity contribution in [3.63, 3.8) is 0 Å². The molecule has 0 bridgehead atoms. The molecule has 3 aromatic carbocycles. The first-order valence-corrected chi connectivity index (χ1v) is 14.6. The fraction of sp³-hybridized carbons (Fsp3) is 0.367. The molecule has 1 saturated heterocycles. The second-order valence-electron chi connectivity index (χ2n) is 9.49. The maximum absolute atomic E-state index is 13.4. The second kappa shape index (κ2) is 13.8. The van der Waals surface area contributed by atoms with E-state index in [4.69, 9.17) is 23.7 Å². The van der Waals surface area contributed by atoms with Gasteiger partial charge in [0.15, 0.2) is 11.5 Å². The molecule has 11 heteroatoms. The highest BCUT2D eigenvalue weighted by Gasteiger charge is 2.30. The number of rotatable bonds is 12. The van der Waals surface area contributed by atoms with Crippen LogP contribution < -0.4 is 14.2 Å². The van der Waals surface area contributed by atoms with Crippen LogP contribution in [0.25, 0.3) is 0 Å². The molecule has 10 nitrogen and oxygen atoms in total. The van der Waals surface area contributed by atoms with Gasteiger partial charge >= 0.3 is 5.97 Å². The van der Waals surface area contributed by atoms with E-state index in [1.807, 2.05) is 36.4 Å². The fourth-order valence-corrected chi connectivity index (χ4v) is 6.10. The summed E-state index contributed by atoms with van der Waals surface area (Å²) in [6.07, 6.45) is -0.292. The Labute approximate surface area is 241 Å².